The standard InChI is InChI=1S/C21H24BrN5O4/c1-21(20(30)23-9-10-31-2)11-26-12-24-16(17(26)19(29)27(21)13-7-8-13)18(28)25-15-6-4-3-5-14(15)22/h3-6,12-13H,7-11H2,1-2H3,(H,23,30)(H,25,28). The van der Waals surface area contributed by atoms with Gasteiger partial charge in [-0.15, -0.1) is 0 Å². The number of nitrogens with one attached hydrogen (secondary N) is 2. The molecule has 0 spiro atoms. The number of methoxy groups -OCH3 is 1. The molecule has 9 nitrogen and oxygen atoms in total. The Morgan fingerprint density at radius 1 is 1.32 bits per heavy atom. The summed E-state index contributed by atoms with van der Waals surface area (Å²) in [5.41, 5.74) is -0.235. The molecule has 2 aromatic rings. The quantitative estimate of drug-likeness (QED) is 0.578. The highest BCUT2D eigenvalue weighted by Gasteiger charge is 2.53. The monoisotopic (exact) mass is 489 g/mol. The van der Waals surface area contributed by atoms with E-state index in [2.05, 4.69) is 31.5 Å². The summed E-state index contributed by atoms with van der Waals surface area (Å²) in [6, 6.07) is 7.19. The maximum atomic E-state index is 13.5. The molecule has 1 atom stereocenters. The van der Waals surface area contributed by atoms with E-state index < -0.39 is 11.4 Å². The number of amides is 3. The number of anilines is 1. The molecule has 4 rings (SSSR count). The van der Waals surface area contributed by atoms with Crippen LogP contribution in [0.15, 0.2) is 35.1 Å². The number of nitrogens with zero attached hydrogens (tertiary/aromatic N) is 3. The summed E-state index contributed by atoms with van der Waals surface area (Å²) < 4.78 is 7.33. The summed E-state index contributed by atoms with van der Waals surface area (Å²) in [5.74, 6) is -1.07. The third-order valence-electron chi connectivity index (χ3n) is 5.60. The van der Waals surface area contributed by atoms with Gasteiger partial charge in [0, 0.05) is 24.2 Å². The number of carbonyl (C=O) groups is 3. The van der Waals surface area contributed by atoms with Crippen LogP contribution in [0.1, 0.15) is 40.7 Å². The Kier molecular flexibility index (Phi) is 5.85. The van der Waals surface area contributed by atoms with Crippen molar-refractivity contribution in [2.45, 2.75) is 37.9 Å². The Labute approximate surface area is 188 Å². The number of fused-ring (bicyclic) bond motifs is 1. The van der Waals surface area contributed by atoms with Crippen molar-refractivity contribution in [3.63, 3.8) is 0 Å². The van der Waals surface area contributed by atoms with Crippen LogP contribution < -0.4 is 10.6 Å². The number of rotatable bonds is 7. The lowest BCUT2D eigenvalue weighted by molar-refractivity contribution is -0.133. The molecule has 31 heavy (non-hydrogen) atoms. The SMILES string of the molecule is COCCNC(=O)C1(C)Cn2cnc(C(=O)Nc3ccccc3Br)c2C(=O)N1C1CC1. The molecule has 3 amide bonds. The number of hydrogen-bond donors (Lipinski definition) is 2. The minimum absolute atomic E-state index is 0.0199. The van der Waals surface area contributed by atoms with Crippen LogP contribution in [-0.2, 0) is 16.1 Å². The third kappa shape index (κ3) is 3.97. The first-order valence-corrected chi connectivity index (χ1v) is 10.9. The summed E-state index contributed by atoms with van der Waals surface area (Å²) in [6.45, 7) is 2.72. The van der Waals surface area contributed by atoms with Gasteiger partial charge in [-0.05, 0) is 47.8 Å². The van der Waals surface area contributed by atoms with Crippen LogP contribution in [0.4, 0.5) is 5.69 Å². The molecular formula is C21H24BrN5O4. The number of halogens is 1. The van der Waals surface area contributed by atoms with Crippen molar-refractivity contribution in [1.29, 1.82) is 0 Å². The molecule has 1 saturated carbocycles. The van der Waals surface area contributed by atoms with Crippen molar-refractivity contribution in [1.82, 2.24) is 19.8 Å². The van der Waals surface area contributed by atoms with Crippen LogP contribution >= 0.6 is 15.9 Å². The second kappa shape index (κ2) is 8.43. The molecule has 0 saturated heterocycles. The number of imidazole rings is 1. The van der Waals surface area contributed by atoms with E-state index in [1.165, 1.54) is 6.33 Å². The topological polar surface area (TPSA) is 106 Å². The highest BCUT2D eigenvalue weighted by molar-refractivity contribution is 9.10. The van der Waals surface area contributed by atoms with Gasteiger partial charge in [0.05, 0.1) is 25.2 Å². The molecular weight excluding hydrogens is 466 g/mol. The van der Waals surface area contributed by atoms with Gasteiger partial charge in [0.15, 0.2) is 5.69 Å². The molecule has 2 heterocycles. The Hall–Kier alpha value is -2.72. The lowest BCUT2D eigenvalue weighted by Gasteiger charge is -2.44. The maximum Gasteiger partial charge on any atom is 0.276 e. The largest absolute Gasteiger partial charge is 0.383 e. The Balaban J connectivity index is 1.64. The van der Waals surface area contributed by atoms with Crippen LogP contribution in [-0.4, -0.2) is 64.0 Å². The molecule has 10 heteroatoms. The van der Waals surface area contributed by atoms with Gasteiger partial charge in [0.2, 0.25) is 5.91 Å². The van der Waals surface area contributed by atoms with Gasteiger partial charge < -0.3 is 24.8 Å². The van der Waals surface area contributed by atoms with E-state index in [4.69, 9.17) is 4.74 Å². The third-order valence-corrected chi connectivity index (χ3v) is 6.29. The average molecular weight is 490 g/mol. The summed E-state index contributed by atoms with van der Waals surface area (Å²) in [4.78, 5) is 45.3. The van der Waals surface area contributed by atoms with Crippen LogP contribution in [0.5, 0.6) is 0 Å². The van der Waals surface area contributed by atoms with Crippen molar-refractivity contribution in [3.8, 4) is 0 Å². The molecule has 1 aliphatic carbocycles. The summed E-state index contributed by atoms with van der Waals surface area (Å²) in [6.07, 6.45) is 3.12. The molecule has 0 radical (unpaired) electrons. The van der Waals surface area contributed by atoms with Crippen LogP contribution in [0.3, 0.4) is 0 Å². The molecule has 1 aromatic heterocycles. The van der Waals surface area contributed by atoms with Gasteiger partial charge in [0.1, 0.15) is 11.2 Å². The first-order valence-electron chi connectivity index (χ1n) is 10.1. The minimum Gasteiger partial charge on any atom is -0.383 e. The molecule has 164 valence electrons. The van der Waals surface area contributed by atoms with Crippen molar-refractivity contribution in [2.24, 2.45) is 0 Å². The normalized spacial score (nSPS) is 20.4. The number of ether oxygens (including phenoxy) is 1. The number of aromatic nitrogens is 2. The second-order valence-corrected chi connectivity index (χ2v) is 8.79. The van der Waals surface area contributed by atoms with Crippen molar-refractivity contribution in [3.05, 3.63) is 46.5 Å². The van der Waals surface area contributed by atoms with E-state index in [9.17, 15) is 14.4 Å². The Morgan fingerprint density at radius 3 is 2.74 bits per heavy atom. The Bertz CT molecular complexity index is 1030. The van der Waals surface area contributed by atoms with Gasteiger partial charge in [-0.25, -0.2) is 4.98 Å². The fourth-order valence-corrected chi connectivity index (χ4v) is 4.31. The fraction of sp³-hybridized carbons (Fsp3) is 0.429. The predicted octanol–water partition coefficient (Wildman–Crippen LogP) is 2.04. The summed E-state index contributed by atoms with van der Waals surface area (Å²) in [7, 11) is 1.56. The van der Waals surface area contributed by atoms with E-state index in [0.29, 0.717) is 18.8 Å². The number of benzene rings is 1. The predicted molar refractivity (Wildman–Crippen MR) is 117 cm³/mol. The minimum atomic E-state index is -1.07. The molecule has 2 N–H and O–H groups in total. The number of carbonyl (C=O) groups excluding carboxylic acids is 3. The smallest absolute Gasteiger partial charge is 0.276 e. The molecule has 1 aromatic carbocycles. The van der Waals surface area contributed by atoms with E-state index in [-0.39, 0.29) is 35.8 Å². The van der Waals surface area contributed by atoms with E-state index in [1.807, 2.05) is 12.1 Å². The average Bonchev–Trinajstić information content (AvgIpc) is 3.47. The number of para-hydroxylation sites is 1. The van der Waals surface area contributed by atoms with Crippen LogP contribution in [0.25, 0.3) is 0 Å². The van der Waals surface area contributed by atoms with Gasteiger partial charge in [0.25, 0.3) is 11.8 Å². The highest BCUT2D eigenvalue weighted by atomic mass is 79.9. The summed E-state index contributed by atoms with van der Waals surface area (Å²) in [5, 5.41) is 5.65. The highest BCUT2D eigenvalue weighted by Crippen LogP contribution is 2.39. The van der Waals surface area contributed by atoms with Crippen LogP contribution in [0.2, 0.25) is 0 Å². The molecule has 1 unspecified atom stereocenters. The van der Waals surface area contributed by atoms with Gasteiger partial charge >= 0.3 is 0 Å². The molecule has 1 fully saturated rings. The molecule has 0 bridgehead atoms. The van der Waals surface area contributed by atoms with Gasteiger partial charge in [-0.2, -0.15) is 0 Å². The van der Waals surface area contributed by atoms with Crippen molar-refractivity contribution >= 4 is 39.3 Å². The zero-order valence-corrected chi connectivity index (χ0v) is 18.9. The van der Waals surface area contributed by atoms with E-state index in [0.717, 1.165) is 17.3 Å². The fourth-order valence-electron chi connectivity index (χ4n) is 3.92. The molecule has 1 aliphatic heterocycles. The van der Waals surface area contributed by atoms with E-state index >= 15 is 0 Å². The maximum absolute atomic E-state index is 13.5. The first-order chi connectivity index (χ1) is 14.9. The molecule has 2 aliphatic rings. The van der Waals surface area contributed by atoms with Crippen molar-refractivity contribution in [2.75, 3.05) is 25.6 Å². The number of hydrogen-bond acceptors (Lipinski definition) is 5. The van der Waals surface area contributed by atoms with E-state index in [1.54, 1.807) is 35.6 Å². The van der Waals surface area contributed by atoms with Crippen LogP contribution in [0, 0.1) is 0 Å². The first kappa shape index (κ1) is 21.5. The second-order valence-electron chi connectivity index (χ2n) is 7.93. The van der Waals surface area contributed by atoms with Gasteiger partial charge in [-0.1, -0.05) is 12.1 Å². The lowest BCUT2D eigenvalue weighted by atomic mass is 9.94. The van der Waals surface area contributed by atoms with Crippen molar-refractivity contribution < 1.29 is 19.1 Å². The Morgan fingerprint density at radius 2 is 2.06 bits per heavy atom. The zero-order chi connectivity index (χ0) is 22.2. The van der Waals surface area contributed by atoms with Gasteiger partial charge in [-0.3, -0.25) is 14.4 Å². The lowest BCUT2D eigenvalue weighted by Crippen LogP contribution is -2.65. The summed E-state index contributed by atoms with van der Waals surface area (Å²) >= 11 is 3.40. The zero-order valence-electron chi connectivity index (χ0n) is 17.4.